The number of halogens is 2. The molecule has 0 amide bonds. The Balaban J connectivity index is 2.83. The summed E-state index contributed by atoms with van der Waals surface area (Å²) in [6, 6.07) is 4.67. The van der Waals surface area contributed by atoms with Crippen LogP contribution in [0.25, 0.3) is 0 Å². The highest BCUT2D eigenvalue weighted by Gasteiger charge is 2.19. The Morgan fingerprint density at radius 3 is 2.67 bits per heavy atom. The van der Waals surface area contributed by atoms with Crippen molar-refractivity contribution < 1.29 is 4.39 Å². The van der Waals surface area contributed by atoms with Crippen LogP contribution < -0.4 is 5.73 Å². The molecule has 0 heterocycles. The maximum atomic E-state index is 13.5. The van der Waals surface area contributed by atoms with Crippen LogP contribution in [0.15, 0.2) is 18.2 Å². The number of hydrogen-bond acceptors (Lipinski definition) is 1. The lowest BCUT2D eigenvalue weighted by Crippen LogP contribution is -2.20. The number of nitrogens with two attached hydrogens (primary N) is 1. The second-order valence-electron chi connectivity index (χ2n) is 4.62. The molecule has 0 spiro atoms. The van der Waals surface area contributed by atoms with Gasteiger partial charge in [-0.15, -0.1) is 0 Å². The minimum absolute atomic E-state index is 0.0142. The highest BCUT2D eigenvalue weighted by Crippen LogP contribution is 2.27. The SMILES string of the molecule is CC(C)(CCN)Cc1cc(Cl)ccc1F. The Labute approximate surface area is 95.4 Å². The summed E-state index contributed by atoms with van der Waals surface area (Å²) >= 11 is 5.83. The summed E-state index contributed by atoms with van der Waals surface area (Å²) in [5.74, 6) is -0.190. The number of hydrogen-bond donors (Lipinski definition) is 1. The largest absolute Gasteiger partial charge is 0.330 e. The van der Waals surface area contributed by atoms with Gasteiger partial charge < -0.3 is 5.73 Å². The van der Waals surface area contributed by atoms with E-state index in [-0.39, 0.29) is 11.2 Å². The van der Waals surface area contributed by atoms with E-state index in [1.54, 1.807) is 12.1 Å². The highest BCUT2D eigenvalue weighted by molar-refractivity contribution is 6.30. The van der Waals surface area contributed by atoms with Crippen LogP contribution in [-0.2, 0) is 6.42 Å². The molecule has 0 atom stereocenters. The monoisotopic (exact) mass is 229 g/mol. The molecule has 0 saturated heterocycles. The summed E-state index contributed by atoms with van der Waals surface area (Å²) in [6.45, 7) is 4.79. The van der Waals surface area contributed by atoms with Crippen molar-refractivity contribution in [1.29, 1.82) is 0 Å². The van der Waals surface area contributed by atoms with Crippen molar-refractivity contribution >= 4 is 11.6 Å². The van der Waals surface area contributed by atoms with E-state index in [4.69, 9.17) is 17.3 Å². The molecule has 0 fully saturated rings. The molecule has 15 heavy (non-hydrogen) atoms. The fourth-order valence-electron chi connectivity index (χ4n) is 1.67. The van der Waals surface area contributed by atoms with E-state index in [1.165, 1.54) is 6.07 Å². The van der Waals surface area contributed by atoms with Gasteiger partial charge in [-0.05, 0) is 48.6 Å². The van der Waals surface area contributed by atoms with Gasteiger partial charge in [0.2, 0.25) is 0 Å². The Hall–Kier alpha value is -0.600. The van der Waals surface area contributed by atoms with Gasteiger partial charge in [-0.2, -0.15) is 0 Å². The van der Waals surface area contributed by atoms with Crippen LogP contribution in [0.4, 0.5) is 4.39 Å². The van der Waals surface area contributed by atoms with Gasteiger partial charge in [-0.25, -0.2) is 4.39 Å². The van der Waals surface area contributed by atoms with Gasteiger partial charge in [0.05, 0.1) is 0 Å². The minimum atomic E-state index is -0.190. The molecule has 1 aromatic rings. The van der Waals surface area contributed by atoms with Crippen LogP contribution in [0, 0.1) is 11.2 Å². The topological polar surface area (TPSA) is 26.0 Å². The zero-order valence-electron chi connectivity index (χ0n) is 9.19. The second-order valence-corrected chi connectivity index (χ2v) is 5.05. The van der Waals surface area contributed by atoms with Crippen LogP contribution in [0.3, 0.4) is 0 Å². The zero-order valence-corrected chi connectivity index (χ0v) is 9.94. The predicted octanol–water partition coefficient (Wildman–Crippen LogP) is 3.40. The zero-order chi connectivity index (χ0) is 11.5. The van der Waals surface area contributed by atoms with Crippen molar-refractivity contribution in [2.75, 3.05) is 6.54 Å². The van der Waals surface area contributed by atoms with Crippen LogP contribution in [0.1, 0.15) is 25.8 Å². The molecule has 3 heteroatoms. The van der Waals surface area contributed by atoms with Crippen molar-refractivity contribution in [3.05, 3.63) is 34.6 Å². The second kappa shape index (κ2) is 4.95. The summed E-state index contributed by atoms with van der Waals surface area (Å²) in [4.78, 5) is 0. The summed E-state index contributed by atoms with van der Waals surface area (Å²) in [5.41, 5.74) is 6.20. The smallest absolute Gasteiger partial charge is 0.126 e. The van der Waals surface area contributed by atoms with Gasteiger partial charge in [0.1, 0.15) is 5.82 Å². The normalized spacial score (nSPS) is 11.8. The molecule has 0 unspecified atom stereocenters. The quantitative estimate of drug-likeness (QED) is 0.842. The molecule has 0 aliphatic rings. The molecule has 0 radical (unpaired) electrons. The van der Waals surface area contributed by atoms with Gasteiger partial charge >= 0.3 is 0 Å². The van der Waals surface area contributed by atoms with E-state index in [1.807, 2.05) is 0 Å². The minimum Gasteiger partial charge on any atom is -0.330 e. The van der Waals surface area contributed by atoms with E-state index in [0.29, 0.717) is 23.6 Å². The lowest BCUT2D eigenvalue weighted by molar-refractivity contribution is 0.333. The standard InChI is InChI=1S/C12H17ClFN/c1-12(2,5-6-15)8-9-7-10(13)3-4-11(9)14/h3-4,7H,5-6,8,15H2,1-2H3. The molecular formula is C12H17ClFN. The van der Waals surface area contributed by atoms with E-state index in [0.717, 1.165) is 6.42 Å². The van der Waals surface area contributed by atoms with E-state index in [9.17, 15) is 4.39 Å². The molecule has 1 nitrogen and oxygen atoms in total. The Kier molecular flexibility index (Phi) is 4.12. The first-order valence-electron chi connectivity index (χ1n) is 5.08. The molecule has 0 aliphatic heterocycles. The average molecular weight is 230 g/mol. The van der Waals surface area contributed by atoms with Crippen molar-refractivity contribution in [2.45, 2.75) is 26.7 Å². The number of benzene rings is 1. The Bertz CT molecular complexity index is 336. The first-order valence-corrected chi connectivity index (χ1v) is 5.46. The first-order chi connectivity index (χ1) is 6.94. The Morgan fingerprint density at radius 2 is 2.07 bits per heavy atom. The van der Waals surface area contributed by atoms with Crippen LogP contribution in [0.2, 0.25) is 5.02 Å². The molecule has 2 N–H and O–H groups in total. The number of rotatable bonds is 4. The van der Waals surface area contributed by atoms with Gasteiger partial charge in [0.15, 0.2) is 0 Å². The van der Waals surface area contributed by atoms with Gasteiger partial charge in [-0.3, -0.25) is 0 Å². The molecule has 0 aliphatic carbocycles. The first kappa shape index (κ1) is 12.5. The maximum absolute atomic E-state index is 13.5. The molecular weight excluding hydrogens is 213 g/mol. The highest BCUT2D eigenvalue weighted by atomic mass is 35.5. The van der Waals surface area contributed by atoms with E-state index >= 15 is 0 Å². The van der Waals surface area contributed by atoms with Crippen molar-refractivity contribution in [3.63, 3.8) is 0 Å². The van der Waals surface area contributed by atoms with Crippen LogP contribution in [0.5, 0.6) is 0 Å². The van der Waals surface area contributed by atoms with Gasteiger partial charge in [0, 0.05) is 5.02 Å². The fraction of sp³-hybridized carbons (Fsp3) is 0.500. The summed E-state index contributed by atoms with van der Waals surface area (Å²) in [6.07, 6.45) is 1.54. The van der Waals surface area contributed by atoms with Crippen molar-refractivity contribution in [3.8, 4) is 0 Å². The lowest BCUT2D eigenvalue weighted by Gasteiger charge is -2.24. The third-order valence-corrected chi connectivity index (χ3v) is 2.73. The summed E-state index contributed by atoms with van der Waals surface area (Å²) < 4.78 is 13.5. The summed E-state index contributed by atoms with van der Waals surface area (Å²) in [7, 11) is 0. The maximum Gasteiger partial charge on any atom is 0.126 e. The van der Waals surface area contributed by atoms with Crippen molar-refractivity contribution in [2.24, 2.45) is 11.1 Å². The fourth-order valence-corrected chi connectivity index (χ4v) is 1.87. The third kappa shape index (κ3) is 3.80. The molecule has 1 aromatic carbocycles. The van der Waals surface area contributed by atoms with Gasteiger partial charge in [-0.1, -0.05) is 25.4 Å². The molecule has 1 rings (SSSR count). The average Bonchev–Trinajstić information content (AvgIpc) is 2.10. The molecule has 0 saturated carbocycles. The molecule has 0 aromatic heterocycles. The predicted molar refractivity (Wildman–Crippen MR) is 62.6 cm³/mol. The third-order valence-electron chi connectivity index (χ3n) is 2.50. The van der Waals surface area contributed by atoms with Crippen molar-refractivity contribution in [1.82, 2.24) is 0 Å². The van der Waals surface area contributed by atoms with Gasteiger partial charge in [0.25, 0.3) is 0 Å². The summed E-state index contributed by atoms with van der Waals surface area (Å²) in [5, 5.41) is 0.579. The molecule has 84 valence electrons. The Morgan fingerprint density at radius 1 is 1.40 bits per heavy atom. The molecule has 0 bridgehead atoms. The lowest BCUT2D eigenvalue weighted by atomic mass is 9.82. The van der Waals surface area contributed by atoms with E-state index in [2.05, 4.69) is 13.8 Å². The van der Waals surface area contributed by atoms with Crippen LogP contribution in [-0.4, -0.2) is 6.54 Å². The van der Waals surface area contributed by atoms with E-state index < -0.39 is 0 Å². The van der Waals surface area contributed by atoms with Crippen LogP contribution >= 0.6 is 11.6 Å².